The molecule has 1 saturated heterocycles. The van der Waals surface area contributed by atoms with Crippen molar-refractivity contribution in [1.29, 1.82) is 0 Å². The second kappa shape index (κ2) is 8.57. The van der Waals surface area contributed by atoms with Crippen LogP contribution in [0.25, 0.3) is 0 Å². The number of hydrogen-bond donors (Lipinski definition) is 1. The molecule has 0 saturated carbocycles. The van der Waals surface area contributed by atoms with Crippen LogP contribution < -0.4 is 5.32 Å². The molecule has 0 bridgehead atoms. The lowest BCUT2D eigenvalue weighted by atomic mass is 10.1. The zero-order chi connectivity index (χ0) is 18.4. The van der Waals surface area contributed by atoms with Crippen LogP contribution in [-0.2, 0) is 4.79 Å². The molecule has 0 atom stereocenters. The number of aryl methyl sites for hydroxylation is 1. The fourth-order valence-electron chi connectivity index (χ4n) is 2.75. The van der Waals surface area contributed by atoms with Crippen molar-refractivity contribution in [1.82, 2.24) is 15.1 Å². The lowest BCUT2D eigenvalue weighted by Crippen LogP contribution is -2.51. The Morgan fingerprint density at radius 2 is 1.92 bits per heavy atom. The molecule has 8 heteroatoms. The lowest BCUT2D eigenvalue weighted by Gasteiger charge is -2.34. The Morgan fingerprint density at radius 3 is 2.52 bits per heavy atom. The number of nitrogens with one attached hydrogen (secondary N) is 1. The van der Waals surface area contributed by atoms with Crippen molar-refractivity contribution < 1.29 is 14.5 Å². The average Bonchev–Trinajstić information content (AvgIpc) is 2.60. The number of hydrogen-bond acceptors (Lipinski definition) is 5. The van der Waals surface area contributed by atoms with Gasteiger partial charge in [-0.25, -0.2) is 0 Å². The van der Waals surface area contributed by atoms with Crippen LogP contribution in [0.3, 0.4) is 0 Å². The van der Waals surface area contributed by atoms with E-state index < -0.39 is 4.92 Å². The molecule has 1 aliphatic heterocycles. The van der Waals surface area contributed by atoms with Gasteiger partial charge >= 0.3 is 0 Å². The van der Waals surface area contributed by atoms with Crippen molar-refractivity contribution in [3.05, 3.63) is 39.4 Å². The number of benzene rings is 1. The van der Waals surface area contributed by atoms with Crippen molar-refractivity contribution in [3.63, 3.8) is 0 Å². The maximum absolute atomic E-state index is 12.6. The third-order valence-corrected chi connectivity index (χ3v) is 4.25. The molecule has 0 radical (unpaired) electrons. The van der Waals surface area contributed by atoms with Gasteiger partial charge in [0.05, 0.1) is 11.5 Å². The standard InChI is InChI=1S/C17H24N4O4/c1-3-6-18-16(22)12-19-7-9-20(10-8-19)17(23)14-5-4-13(2)15(11-14)21(24)25/h4-5,11H,3,6-10,12H2,1-2H3,(H,18,22). The Kier molecular flexibility index (Phi) is 6.46. The molecule has 25 heavy (non-hydrogen) atoms. The zero-order valence-corrected chi connectivity index (χ0v) is 14.7. The van der Waals surface area contributed by atoms with E-state index in [1.54, 1.807) is 24.0 Å². The van der Waals surface area contributed by atoms with E-state index in [0.717, 1.165) is 6.42 Å². The zero-order valence-electron chi connectivity index (χ0n) is 14.7. The van der Waals surface area contributed by atoms with Gasteiger partial charge < -0.3 is 10.2 Å². The molecule has 1 aliphatic rings. The fourth-order valence-corrected chi connectivity index (χ4v) is 2.75. The molecule has 1 aromatic rings. The summed E-state index contributed by atoms with van der Waals surface area (Å²) in [6.45, 7) is 6.87. The molecule has 8 nitrogen and oxygen atoms in total. The molecular weight excluding hydrogens is 324 g/mol. The Labute approximate surface area is 146 Å². The molecule has 2 rings (SSSR count). The number of nitrogens with zero attached hydrogens (tertiary/aromatic N) is 3. The van der Waals surface area contributed by atoms with E-state index in [4.69, 9.17) is 0 Å². The summed E-state index contributed by atoms with van der Waals surface area (Å²) in [5.74, 6) is -0.214. The van der Waals surface area contributed by atoms with E-state index in [2.05, 4.69) is 5.32 Å². The van der Waals surface area contributed by atoms with Gasteiger partial charge in [0.1, 0.15) is 0 Å². The van der Waals surface area contributed by atoms with Crippen molar-refractivity contribution in [2.75, 3.05) is 39.3 Å². The van der Waals surface area contributed by atoms with Crippen molar-refractivity contribution in [2.45, 2.75) is 20.3 Å². The summed E-state index contributed by atoms with van der Waals surface area (Å²) in [5.41, 5.74) is 0.813. The van der Waals surface area contributed by atoms with E-state index in [9.17, 15) is 19.7 Å². The Morgan fingerprint density at radius 1 is 1.24 bits per heavy atom. The number of nitro benzene ring substituents is 1. The second-order valence-electron chi connectivity index (χ2n) is 6.18. The van der Waals surface area contributed by atoms with E-state index >= 15 is 0 Å². The van der Waals surface area contributed by atoms with Crippen molar-refractivity contribution in [2.24, 2.45) is 0 Å². The molecule has 0 unspecified atom stereocenters. The Bertz CT molecular complexity index is 654. The third-order valence-electron chi connectivity index (χ3n) is 4.25. The first-order chi connectivity index (χ1) is 11.9. The van der Waals surface area contributed by atoms with E-state index in [1.165, 1.54) is 6.07 Å². The average molecular weight is 348 g/mol. The highest BCUT2D eigenvalue weighted by molar-refractivity contribution is 5.95. The van der Waals surface area contributed by atoms with Gasteiger partial charge in [0.2, 0.25) is 5.91 Å². The molecule has 136 valence electrons. The van der Waals surface area contributed by atoms with Gasteiger partial charge in [0.25, 0.3) is 11.6 Å². The first kappa shape index (κ1) is 18.9. The van der Waals surface area contributed by atoms with Gasteiger partial charge in [-0.2, -0.15) is 0 Å². The lowest BCUT2D eigenvalue weighted by molar-refractivity contribution is -0.385. The van der Waals surface area contributed by atoms with Crippen LogP contribution in [0.1, 0.15) is 29.3 Å². The second-order valence-corrected chi connectivity index (χ2v) is 6.18. The highest BCUT2D eigenvalue weighted by atomic mass is 16.6. The molecular formula is C17H24N4O4. The number of amides is 2. The number of carbonyl (C=O) groups is 2. The molecule has 0 aliphatic carbocycles. The summed E-state index contributed by atoms with van der Waals surface area (Å²) in [7, 11) is 0. The summed E-state index contributed by atoms with van der Waals surface area (Å²) in [6.07, 6.45) is 0.900. The SMILES string of the molecule is CCCNC(=O)CN1CCN(C(=O)c2ccc(C)c([N+](=O)[O-])c2)CC1. The molecule has 1 heterocycles. The predicted molar refractivity (Wildman–Crippen MR) is 93.5 cm³/mol. The number of piperazine rings is 1. The van der Waals surface area contributed by atoms with Crippen LogP contribution in [0, 0.1) is 17.0 Å². The quantitative estimate of drug-likeness (QED) is 0.615. The first-order valence-electron chi connectivity index (χ1n) is 8.45. The van der Waals surface area contributed by atoms with E-state index in [-0.39, 0.29) is 17.5 Å². The van der Waals surface area contributed by atoms with Crippen LogP contribution in [0.15, 0.2) is 18.2 Å². The summed E-state index contributed by atoms with van der Waals surface area (Å²) in [6, 6.07) is 4.55. The molecule has 1 fully saturated rings. The van der Waals surface area contributed by atoms with Gasteiger partial charge in [-0.15, -0.1) is 0 Å². The van der Waals surface area contributed by atoms with Crippen molar-refractivity contribution in [3.8, 4) is 0 Å². The third kappa shape index (κ3) is 4.99. The molecule has 1 aromatic carbocycles. The van der Waals surface area contributed by atoms with Crippen LogP contribution in [-0.4, -0.2) is 65.8 Å². The van der Waals surface area contributed by atoms with Crippen LogP contribution in [0.2, 0.25) is 0 Å². The first-order valence-corrected chi connectivity index (χ1v) is 8.45. The highest BCUT2D eigenvalue weighted by Gasteiger charge is 2.24. The van der Waals surface area contributed by atoms with Gasteiger partial charge in [0, 0.05) is 49.9 Å². The van der Waals surface area contributed by atoms with Crippen LogP contribution >= 0.6 is 0 Å². The van der Waals surface area contributed by atoms with Gasteiger partial charge in [0.15, 0.2) is 0 Å². The van der Waals surface area contributed by atoms with Crippen LogP contribution in [0.5, 0.6) is 0 Å². The predicted octanol–water partition coefficient (Wildman–Crippen LogP) is 1.19. The topological polar surface area (TPSA) is 95.8 Å². The van der Waals surface area contributed by atoms with E-state index in [0.29, 0.717) is 50.4 Å². The smallest absolute Gasteiger partial charge is 0.273 e. The minimum Gasteiger partial charge on any atom is -0.355 e. The monoisotopic (exact) mass is 348 g/mol. The maximum atomic E-state index is 12.6. The molecule has 0 aromatic heterocycles. The molecule has 0 spiro atoms. The number of nitro groups is 1. The summed E-state index contributed by atoms with van der Waals surface area (Å²) in [4.78, 5) is 38.5. The largest absolute Gasteiger partial charge is 0.355 e. The van der Waals surface area contributed by atoms with Gasteiger partial charge in [-0.3, -0.25) is 24.6 Å². The maximum Gasteiger partial charge on any atom is 0.273 e. The number of rotatable bonds is 6. The van der Waals surface area contributed by atoms with Gasteiger partial charge in [-0.1, -0.05) is 13.0 Å². The molecule has 1 N–H and O–H groups in total. The minimum absolute atomic E-state index is 0.00390. The number of carbonyl (C=O) groups excluding carboxylic acids is 2. The van der Waals surface area contributed by atoms with E-state index in [1.807, 2.05) is 11.8 Å². The van der Waals surface area contributed by atoms with Crippen molar-refractivity contribution >= 4 is 17.5 Å². The Hall–Kier alpha value is -2.48. The fraction of sp³-hybridized carbons (Fsp3) is 0.529. The minimum atomic E-state index is -0.473. The molecule has 2 amide bonds. The Balaban J connectivity index is 1.92. The van der Waals surface area contributed by atoms with Crippen LogP contribution in [0.4, 0.5) is 5.69 Å². The summed E-state index contributed by atoms with van der Waals surface area (Å²) < 4.78 is 0. The summed E-state index contributed by atoms with van der Waals surface area (Å²) >= 11 is 0. The normalized spacial score (nSPS) is 15.0. The highest BCUT2D eigenvalue weighted by Crippen LogP contribution is 2.20. The van der Waals surface area contributed by atoms with Gasteiger partial charge in [-0.05, 0) is 19.4 Å². The summed E-state index contributed by atoms with van der Waals surface area (Å²) in [5, 5.41) is 13.9.